The van der Waals surface area contributed by atoms with E-state index in [1.165, 1.54) is 55.9 Å². The fourth-order valence-electron chi connectivity index (χ4n) is 4.21. The number of nitrogens with zero attached hydrogens (tertiary/aromatic N) is 2. The highest BCUT2D eigenvalue weighted by molar-refractivity contribution is 7.98. The number of ether oxygens (including phenoxy) is 1. The van der Waals surface area contributed by atoms with Gasteiger partial charge in [0.05, 0.1) is 6.61 Å². The van der Waals surface area contributed by atoms with Crippen LogP contribution < -0.4 is 0 Å². The van der Waals surface area contributed by atoms with E-state index >= 15 is 0 Å². The lowest BCUT2D eigenvalue weighted by molar-refractivity contribution is 0.0673. The van der Waals surface area contributed by atoms with E-state index < -0.39 is 0 Å². The summed E-state index contributed by atoms with van der Waals surface area (Å²) < 4.78 is 5.26. The van der Waals surface area contributed by atoms with Gasteiger partial charge in [-0.2, -0.15) is 0 Å². The third-order valence-corrected chi connectivity index (χ3v) is 6.18. The number of benzene rings is 1. The first-order chi connectivity index (χ1) is 11.2. The van der Waals surface area contributed by atoms with Crippen molar-refractivity contribution < 1.29 is 4.74 Å². The number of hydrogen-bond acceptors (Lipinski definition) is 4. The van der Waals surface area contributed by atoms with Crippen molar-refractivity contribution >= 4 is 11.8 Å². The molecule has 1 unspecified atom stereocenters. The maximum Gasteiger partial charge on any atom is 0.0589 e. The Morgan fingerprint density at radius 3 is 2.61 bits per heavy atom. The molecule has 2 heterocycles. The minimum Gasteiger partial charge on any atom is -0.383 e. The Morgan fingerprint density at radius 2 is 1.87 bits per heavy atom. The highest BCUT2D eigenvalue weighted by Gasteiger charge is 2.40. The highest BCUT2D eigenvalue weighted by atomic mass is 32.2. The summed E-state index contributed by atoms with van der Waals surface area (Å²) in [5.74, 6) is 0. The fraction of sp³-hybridized carbons (Fsp3) is 0.684. The predicted molar refractivity (Wildman–Crippen MR) is 98.1 cm³/mol. The summed E-state index contributed by atoms with van der Waals surface area (Å²) in [6.07, 6.45) is 6.25. The lowest BCUT2D eigenvalue weighted by Crippen LogP contribution is -2.45. The molecule has 1 aromatic carbocycles. The number of thioether (sulfide) groups is 1. The van der Waals surface area contributed by atoms with Crippen molar-refractivity contribution in [2.45, 2.75) is 30.7 Å². The first kappa shape index (κ1) is 17.3. The first-order valence-electron chi connectivity index (χ1n) is 8.80. The Hall–Kier alpha value is -0.550. The van der Waals surface area contributed by atoms with Crippen molar-refractivity contribution in [2.75, 3.05) is 52.7 Å². The van der Waals surface area contributed by atoms with Gasteiger partial charge in [0, 0.05) is 38.2 Å². The van der Waals surface area contributed by atoms with Gasteiger partial charge < -0.3 is 9.64 Å². The molecule has 0 bridgehead atoms. The van der Waals surface area contributed by atoms with Gasteiger partial charge in [0.15, 0.2) is 0 Å². The lowest BCUT2D eigenvalue weighted by Gasteiger charge is -2.40. The molecule has 2 aliphatic rings. The normalized spacial score (nSPS) is 26.2. The standard InChI is InChI=1S/C19H30N2OS/c1-22-13-12-20-10-3-8-19(15-20)9-11-21(16-19)14-17-4-6-18(23-2)7-5-17/h4-7H,3,8-16H2,1-2H3. The number of piperidine rings is 1. The molecule has 128 valence electrons. The maximum absolute atomic E-state index is 5.26. The molecule has 0 aliphatic carbocycles. The summed E-state index contributed by atoms with van der Waals surface area (Å²) in [6, 6.07) is 9.09. The average Bonchev–Trinajstić information content (AvgIpc) is 2.95. The number of rotatable bonds is 6. The third-order valence-electron chi connectivity index (χ3n) is 5.43. The van der Waals surface area contributed by atoms with Gasteiger partial charge >= 0.3 is 0 Å². The van der Waals surface area contributed by atoms with Gasteiger partial charge in [-0.15, -0.1) is 11.8 Å². The molecule has 0 aromatic heterocycles. The number of likely N-dealkylation sites (tertiary alicyclic amines) is 2. The van der Waals surface area contributed by atoms with Crippen LogP contribution in [-0.4, -0.2) is 62.5 Å². The minimum absolute atomic E-state index is 0.533. The van der Waals surface area contributed by atoms with Crippen molar-refractivity contribution in [1.82, 2.24) is 9.80 Å². The maximum atomic E-state index is 5.26. The second-order valence-corrected chi connectivity index (χ2v) is 8.06. The Bertz CT molecular complexity index is 493. The molecule has 1 spiro atoms. The molecule has 0 radical (unpaired) electrons. The average molecular weight is 335 g/mol. The smallest absolute Gasteiger partial charge is 0.0589 e. The number of methoxy groups -OCH3 is 1. The zero-order valence-electron chi connectivity index (χ0n) is 14.6. The van der Waals surface area contributed by atoms with E-state index in [2.05, 4.69) is 40.3 Å². The molecule has 23 heavy (non-hydrogen) atoms. The second-order valence-electron chi connectivity index (χ2n) is 7.18. The molecule has 2 saturated heterocycles. The summed E-state index contributed by atoms with van der Waals surface area (Å²) in [6.45, 7) is 8.09. The van der Waals surface area contributed by atoms with Gasteiger partial charge in [0.1, 0.15) is 0 Å². The van der Waals surface area contributed by atoms with Crippen LogP contribution in [0.25, 0.3) is 0 Å². The van der Waals surface area contributed by atoms with Crippen LogP contribution in [0, 0.1) is 5.41 Å². The molecular formula is C19H30N2OS. The van der Waals surface area contributed by atoms with E-state index in [9.17, 15) is 0 Å². The second kappa shape index (κ2) is 8.02. The molecule has 4 heteroatoms. The summed E-state index contributed by atoms with van der Waals surface area (Å²) in [5.41, 5.74) is 1.98. The van der Waals surface area contributed by atoms with Crippen LogP contribution in [0.5, 0.6) is 0 Å². The molecule has 2 aliphatic heterocycles. The van der Waals surface area contributed by atoms with Crippen molar-refractivity contribution in [3.63, 3.8) is 0 Å². The molecular weight excluding hydrogens is 304 g/mol. The molecule has 2 fully saturated rings. The molecule has 0 N–H and O–H groups in total. The van der Waals surface area contributed by atoms with Gasteiger partial charge in [-0.3, -0.25) is 4.90 Å². The SMILES string of the molecule is COCCN1CCCC2(CCN(Cc3ccc(SC)cc3)C2)C1. The van der Waals surface area contributed by atoms with Crippen LogP contribution in [0.15, 0.2) is 29.2 Å². The summed E-state index contributed by atoms with van der Waals surface area (Å²) in [5, 5.41) is 0. The minimum atomic E-state index is 0.533. The highest BCUT2D eigenvalue weighted by Crippen LogP contribution is 2.39. The Balaban J connectivity index is 1.54. The largest absolute Gasteiger partial charge is 0.383 e. The van der Waals surface area contributed by atoms with Crippen molar-refractivity contribution in [2.24, 2.45) is 5.41 Å². The molecule has 3 nitrogen and oxygen atoms in total. The summed E-state index contributed by atoms with van der Waals surface area (Å²) >= 11 is 1.82. The van der Waals surface area contributed by atoms with Gasteiger partial charge in [0.2, 0.25) is 0 Å². The van der Waals surface area contributed by atoms with E-state index in [0.717, 1.165) is 19.7 Å². The number of hydrogen-bond donors (Lipinski definition) is 0. The Morgan fingerprint density at radius 1 is 1.09 bits per heavy atom. The van der Waals surface area contributed by atoms with E-state index in [1.54, 1.807) is 7.11 Å². The molecule has 3 rings (SSSR count). The summed E-state index contributed by atoms with van der Waals surface area (Å²) in [7, 11) is 1.80. The molecule has 0 amide bonds. The Kier molecular flexibility index (Phi) is 6.02. The van der Waals surface area contributed by atoms with Crippen LogP contribution in [0.2, 0.25) is 0 Å². The van der Waals surface area contributed by atoms with Crippen LogP contribution >= 0.6 is 11.8 Å². The predicted octanol–water partition coefficient (Wildman–Crippen LogP) is 3.34. The van der Waals surface area contributed by atoms with Crippen molar-refractivity contribution in [3.8, 4) is 0 Å². The van der Waals surface area contributed by atoms with Gasteiger partial charge in [-0.1, -0.05) is 12.1 Å². The van der Waals surface area contributed by atoms with E-state index in [1.807, 2.05) is 11.8 Å². The topological polar surface area (TPSA) is 15.7 Å². The van der Waals surface area contributed by atoms with E-state index in [0.29, 0.717) is 5.41 Å². The van der Waals surface area contributed by atoms with Crippen LogP contribution in [0.4, 0.5) is 0 Å². The lowest BCUT2D eigenvalue weighted by atomic mass is 9.79. The zero-order chi connectivity index (χ0) is 16.1. The van der Waals surface area contributed by atoms with E-state index in [4.69, 9.17) is 4.74 Å². The van der Waals surface area contributed by atoms with Crippen molar-refractivity contribution in [3.05, 3.63) is 29.8 Å². The molecule has 1 atom stereocenters. The van der Waals surface area contributed by atoms with Gasteiger partial charge in [-0.25, -0.2) is 0 Å². The Labute approximate surface area is 145 Å². The quantitative estimate of drug-likeness (QED) is 0.741. The van der Waals surface area contributed by atoms with Gasteiger partial charge in [0.25, 0.3) is 0 Å². The van der Waals surface area contributed by atoms with E-state index in [-0.39, 0.29) is 0 Å². The zero-order valence-corrected chi connectivity index (χ0v) is 15.4. The fourth-order valence-corrected chi connectivity index (χ4v) is 4.61. The van der Waals surface area contributed by atoms with Crippen molar-refractivity contribution in [1.29, 1.82) is 0 Å². The molecule has 0 saturated carbocycles. The first-order valence-corrected chi connectivity index (χ1v) is 10.0. The monoisotopic (exact) mass is 334 g/mol. The molecule has 1 aromatic rings. The third kappa shape index (κ3) is 4.50. The van der Waals surface area contributed by atoms with Crippen LogP contribution in [0.3, 0.4) is 0 Å². The van der Waals surface area contributed by atoms with Crippen LogP contribution in [0.1, 0.15) is 24.8 Å². The van der Waals surface area contributed by atoms with Crippen LogP contribution in [-0.2, 0) is 11.3 Å². The van der Waals surface area contributed by atoms with Gasteiger partial charge in [-0.05, 0) is 61.7 Å². The summed E-state index contributed by atoms with van der Waals surface area (Å²) in [4.78, 5) is 6.63.